The molecule has 0 radical (unpaired) electrons. The zero-order valence-corrected chi connectivity index (χ0v) is 11.7. The van der Waals surface area contributed by atoms with Gasteiger partial charge in [0, 0.05) is 11.0 Å². The molecule has 6 heteroatoms. The first-order valence-electron chi connectivity index (χ1n) is 5.30. The van der Waals surface area contributed by atoms with Gasteiger partial charge in [-0.25, -0.2) is 0 Å². The smallest absolute Gasteiger partial charge is 0.308 e. The Kier molecular flexibility index (Phi) is 5.15. The number of halogens is 1. The number of amides is 1. The Balaban J connectivity index is 2.75. The average molecular weight is 316 g/mol. The fourth-order valence-corrected chi connectivity index (χ4v) is 1.66. The SMILES string of the molecule is COc1ccc(Br)c(C(=O)NCC(C)C(=O)O)c1. The molecule has 0 bridgehead atoms. The fraction of sp³-hybridized carbons (Fsp3) is 0.333. The van der Waals surface area contributed by atoms with Gasteiger partial charge in [-0.1, -0.05) is 6.92 Å². The molecule has 98 valence electrons. The van der Waals surface area contributed by atoms with E-state index in [0.29, 0.717) is 15.8 Å². The van der Waals surface area contributed by atoms with Gasteiger partial charge in [-0.3, -0.25) is 9.59 Å². The van der Waals surface area contributed by atoms with E-state index in [9.17, 15) is 9.59 Å². The number of aliphatic carboxylic acids is 1. The van der Waals surface area contributed by atoms with E-state index < -0.39 is 11.9 Å². The van der Waals surface area contributed by atoms with E-state index in [-0.39, 0.29) is 12.5 Å². The minimum absolute atomic E-state index is 0.0812. The van der Waals surface area contributed by atoms with Gasteiger partial charge in [-0.15, -0.1) is 0 Å². The summed E-state index contributed by atoms with van der Waals surface area (Å²) < 4.78 is 5.66. The van der Waals surface area contributed by atoms with Crippen LogP contribution in [0.3, 0.4) is 0 Å². The summed E-state index contributed by atoms with van der Waals surface area (Å²) in [6.07, 6.45) is 0. The third-order valence-electron chi connectivity index (χ3n) is 2.41. The van der Waals surface area contributed by atoms with Gasteiger partial charge >= 0.3 is 5.97 Å². The lowest BCUT2D eigenvalue weighted by Crippen LogP contribution is -2.31. The van der Waals surface area contributed by atoms with Crippen molar-refractivity contribution in [3.8, 4) is 5.75 Å². The molecular formula is C12H14BrNO4. The van der Waals surface area contributed by atoms with Crippen LogP contribution in [0, 0.1) is 5.92 Å². The summed E-state index contributed by atoms with van der Waals surface area (Å²) in [6.45, 7) is 1.61. The summed E-state index contributed by atoms with van der Waals surface area (Å²) in [4.78, 5) is 22.5. The van der Waals surface area contributed by atoms with Crippen molar-refractivity contribution in [2.24, 2.45) is 5.92 Å². The van der Waals surface area contributed by atoms with Crippen LogP contribution in [-0.2, 0) is 4.79 Å². The summed E-state index contributed by atoms with van der Waals surface area (Å²) in [5, 5.41) is 11.3. The van der Waals surface area contributed by atoms with E-state index in [2.05, 4.69) is 21.2 Å². The highest BCUT2D eigenvalue weighted by atomic mass is 79.9. The van der Waals surface area contributed by atoms with E-state index in [1.54, 1.807) is 18.2 Å². The van der Waals surface area contributed by atoms with Crippen molar-refractivity contribution in [1.82, 2.24) is 5.32 Å². The molecule has 18 heavy (non-hydrogen) atoms. The van der Waals surface area contributed by atoms with E-state index in [1.807, 2.05) is 0 Å². The third-order valence-corrected chi connectivity index (χ3v) is 3.10. The van der Waals surface area contributed by atoms with Gasteiger partial charge in [0.15, 0.2) is 0 Å². The first-order chi connectivity index (χ1) is 8.45. The molecule has 1 unspecified atom stereocenters. The van der Waals surface area contributed by atoms with Gasteiger partial charge < -0.3 is 15.2 Å². The molecule has 0 saturated heterocycles. The maximum Gasteiger partial charge on any atom is 0.308 e. The Morgan fingerprint density at radius 1 is 1.50 bits per heavy atom. The van der Waals surface area contributed by atoms with Crippen molar-refractivity contribution in [2.45, 2.75) is 6.92 Å². The molecule has 2 N–H and O–H groups in total. The molecule has 0 spiro atoms. The van der Waals surface area contributed by atoms with Crippen LogP contribution < -0.4 is 10.1 Å². The Morgan fingerprint density at radius 3 is 2.72 bits per heavy atom. The van der Waals surface area contributed by atoms with Crippen LogP contribution >= 0.6 is 15.9 Å². The first-order valence-corrected chi connectivity index (χ1v) is 6.09. The van der Waals surface area contributed by atoms with Crippen LogP contribution in [0.15, 0.2) is 22.7 Å². The Bertz CT molecular complexity index is 461. The molecule has 0 aliphatic heterocycles. The monoisotopic (exact) mass is 315 g/mol. The summed E-state index contributed by atoms with van der Waals surface area (Å²) >= 11 is 3.26. The molecule has 1 rings (SSSR count). The first kappa shape index (κ1) is 14.5. The normalized spacial score (nSPS) is 11.7. The highest BCUT2D eigenvalue weighted by Gasteiger charge is 2.15. The van der Waals surface area contributed by atoms with Crippen LogP contribution in [0.5, 0.6) is 5.75 Å². The van der Waals surface area contributed by atoms with Crippen LogP contribution in [0.25, 0.3) is 0 Å². The number of hydrogen-bond donors (Lipinski definition) is 2. The zero-order valence-electron chi connectivity index (χ0n) is 10.1. The average Bonchev–Trinajstić information content (AvgIpc) is 2.35. The molecule has 0 aromatic heterocycles. The number of carbonyl (C=O) groups is 2. The molecule has 0 aliphatic rings. The highest BCUT2D eigenvalue weighted by molar-refractivity contribution is 9.10. The third kappa shape index (κ3) is 3.73. The second kappa shape index (κ2) is 6.39. The summed E-state index contributed by atoms with van der Waals surface area (Å²) in [5.41, 5.74) is 0.409. The van der Waals surface area contributed by atoms with E-state index >= 15 is 0 Å². The molecule has 1 atom stereocenters. The largest absolute Gasteiger partial charge is 0.497 e. The van der Waals surface area contributed by atoms with Crippen molar-refractivity contribution < 1.29 is 19.4 Å². The molecule has 1 aromatic rings. The highest BCUT2D eigenvalue weighted by Crippen LogP contribution is 2.22. The van der Waals surface area contributed by atoms with Crippen molar-refractivity contribution in [3.05, 3.63) is 28.2 Å². The van der Waals surface area contributed by atoms with E-state index in [0.717, 1.165) is 0 Å². The molecule has 0 saturated carbocycles. The minimum atomic E-state index is -0.944. The van der Waals surface area contributed by atoms with Gasteiger partial charge in [0.05, 0.1) is 18.6 Å². The maximum absolute atomic E-state index is 11.9. The van der Waals surface area contributed by atoms with Crippen LogP contribution in [0.4, 0.5) is 0 Å². The molecule has 0 fully saturated rings. The van der Waals surface area contributed by atoms with E-state index in [1.165, 1.54) is 14.0 Å². The standard InChI is InChI=1S/C12H14BrNO4/c1-7(12(16)17)6-14-11(15)9-5-8(18-2)3-4-10(9)13/h3-5,7H,6H2,1-2H3,(H,14,15)(H,16,17). The molecule has 1 amide bonds. The number of carboxylic acid groups (broad SMARTS) is 1. The van der Waals surface area contributed by atoms with Gasteiger partial charge in [0.25, 0.3) is 5.91 Å². The quantitative estimate of drug-likeness (QED) is 0.870. The van der Waals surface area contributed by atoms with Gasteiger partial charge in [-0.05, 0) is 34.1 Å². The Hall–Kier alpha value is -1.56. The van der Waals surface area contributed by atoms with Crippen LogP contribution in [0.1, 0.15) is 17.3 Å². The summed E-state index contributed by atoms with van der Waals surface area (Å²) in [6, 6.07) is 5.01. The predicted octanol–water partition coefficient (Wildman–Crippen LogP) is 1.91. The van der Waals surface area contributed by atoms with E-state index in [4.69, 9.17) is 9.84 Å². The van der Waals surface area contributed by atoms with Gasteiger partial charge in [0.2, 0.25) is 0 Å². The number of methoxy groups -OCH3 is 1. The number of carboxylic acids is 1. The Morgan fingerprint density at radius 2 is 2.17 bits per heavy atom. The fourth-order valence-electron chi connectivity index (χ4n) is 1.23. The molecule has 5 nitrogen and oxygen atoms in total. The molecular weight excluding hydrogens is 302 g/mol. The lowest BCUT2D eigenvalue weighted by atomic mass is 10.1. The second-order valence-electron chi connectivity index (χ2n) is 3.80. The molecule has 0 aliphatic carbocycles. The number of hydrogen-bond acceptors (Lipinski definition) is 3. The maximum atomic E-state index is 11.9. The van der Waals surface area contributed by atoms with Crippen molar-refractivity contribution in [1.29, 1.82) is 0 Å². The van der Waals surface area contributed by atoms with Crippen molar-refractivity contribution in [3.63, 3.8) is 0 Å². The van der Waals surface area contributed by atoms with Gasteiger partial charge in [0.1, 0.15) is 5.75 Å². The van der Waals surface area contributed by atoms with Crippen LogP contribution in [0.2, 0.25) is 0 Å². The van der Waals surface area contributed by atoms with Crippen molar-refractivity contribution >= 4 is 27.8 Å². The number of ether oxygens (including phenoxy) is 1. The minimum Gasteiger partial charge on any atom is -0.497 e. The molecule has 0 heterocycles. The number of nitrogens with one attached hydrogen (secondary N) is 1. The van der Waals surface area contributed by atoms with Crippen molar-refractivity contribution in [2.75, 3.05) is 13.7 Å². The number of benzene rings is 1. The predicted molar refractivity (Wildman–Crippen MR) is 69.8 cm³/mol. The lowest BCUT2D eigenvalue weighted by Gasteiger charge is -2.10. The van der Waals surface area contributed by atoms with Gasteiger partial charge in [-0.2, -0.15) is 0 Å². The second-order valence-corrected chi connectivity index (χ2v) is 4.65. The Labute approximate surface area is 113 Å². The number of rotatable bonds is 5. The zero-order chi connectivity index (χ0) is 13.7. The summed E-state index contributed by atoms with van der Waals surface area (Å²) in [7, 11) is 1.51. The molecule has 1 aromatic carbocycles. The summed E-state index contributed by atoms with van der Waals surface area (Å²) in [5.74, 6) is -1.35. The lowest BCUT2D eigenvalue weighted by molar-refractivity contribution is -0.140. The van der Waals surface area contributed by atoms with Crippen LogP contribution in [-0.4, -0.2) is 30.6 Å². The topological polar surface area (TPSA) is 75.6 Å². The number of carbonyl (C=O) groups excluding carboxylic acids is 1.